The average molecular weight is 393 g/mol. The Morgan fingerprint density at radius 3 is 2.50 bits per heavy atom. The number of anilines is 1. The molecule has 0 aliphatic carbocycles. The monoisotopic (exact) mass is 392 g/mol. The zero-order chi connectivity index (χ0) is 18.7. The van der Waals surface area contributed by atoms with E-state index in [1.54, 1.807) is 36.4 Å². The van der Waals surface area contributed by atoms with E-state index < -0.39 is 10.0 Å². The van der Waals surface area contributed by atoms with Crippen LogP contribution < -0.4 is 5.32 Å². The maximum Gasteiger partial charge on any atom is 0.255 e. The molecule has 138 valence electrons. The predicted octanol–water partition coefficient (Wildman–Crippen LogP) is 4.01. The summed E-state index contributed by atoms with van der Waals surface area (Å²) in [6.45, 7) is 3.16. The summed E-state index contributed by atoms with van der Waals surface area (Å²) in [5.74, 6) is 0.160. The molecule has 0 bridgehead atoms. The van der Waals surface area contributed by atoms with Crippen LogP contribution in [0.2, 0.25) is 5.02 Å². The third-order valence-corrected chi connectivity index (χ3v) is 6.69. The van der Waals surface area contributed by atoms with E-state index in [4.69, 9.17) is 11.6 Å². The van der Waals surface area contributed by atoms with E-state index in [9.17, 15) is 13.2 Å². The number of halogens is 1. The largest absolute Gasteiger partial charge is 0.322 e. The summed E-state index contributed by atoms with van der Waals surface area (Å²) in [5, 5.41) is 3.24. The fourth-order valence-electron chi connectivity index (χ4n) is 2.94. The Hall–Kier alpha value is -1.89. The summed E-state index contributed by atoms with van der Waals surface area (Å²) in [7, 11) is -3.59. The first-order valence-electron chi connectivity index (χ1n) is 8.53. The lowest BCUT2D eigenvalue weighted by molar-refractivity contribution is 0.102. The first kappa shape index (κ1) is 18.9. The lowest BCUT2D eigenvalue weighted by Gasteiger charge is -2.29. The Kier molecular flexibility index (Phi) is 5.65. The van der Waals surface area contributed by atoms with Crippen molar-refractivity contribution < 1.29 is 13.2 Å². The van der Waals surface area contributed by atoms with E-state index in [1.165, 1.54) is 16.4 Å². The summed E-state index contributed by atoms with van der Waals surface area (Å²) in [4.78, 5) is 12.6. The molecule has 7 heteroatoms. The van der Waals surface area contributed by atoms with E-state index in [0.717, 1.165) is 12.8 Å². The van der Waals surface area contributed by atoms with Crippen molar-refractivity contribution in [1.82, 2.24) is 4.31 Å². The smallest absolute Gasteiger partial charge is 0.255 e. The minimum absolute atomic E-state index is 0.144. The average Bonchev–Trinajstić information content (AvgIpc) is 2.62. The maximum absolute atomic E-state index is 12.8. The zero-order valence-electron chi connectivity index (χ0n) is 14.5. The van der Waals surface area contributed by atoms with Gasteiger partial charge in [-0.3, -0.25) is 4.79 Å². The van der Waals surface area contributed by atoms with Gasteiger partial charge in [0.25, 0.3) is 5.91 Å². The summed E-state index contributed by atoms with van der Waals surface area (Å²) in [5.41, 5.74) is 0.845. The lowest BCUT2D eigenvalue weighted by Crippen LogP contribution is -2.37. The minimum atomic E-state index is -3.59. The van der Waals surface area contributed by atoms with Gasteiger partial charge >= 0.3 is 0 Å². The Morgan fingerprint density at radius 2 is 1.81 bits per heavy atom. The molecule has 0 aromatic heterocycles. The highest BCUT2D eigenvalue weighted by atomic mass is 35.5. The number of hydrogen-bond acceptors (Lipinski definition) is 3. The zero-order valence-corrected chi connectivity index (χ0v) is 16.1. The first-order chi connectivity index (χ1) is 12.4. The van der Waals surface area contributed by atoms with Crippen molar-refractivity contribution in [3.8, 4) is 0 Å². The van der Waals surface area contributed by atoms with Crippen LogP contribution in [0, 0.1) is 5.92 Å². The Balaban J connectivity index is 1.80. The van der Waals surface area contributed by atoms with Crippen LogP contribution >= 0.6 is 11.6 Å². The lowest BCUT2D eigenvalue weighted by atomic mass is 10.0. The van der Waals surface area contributed by atoms with Crippen LogP contribution in [0.4, 0.5) is 5.69 Å². The highest BCUT2D eigenvalue weighted by Crippen LogP contribution is 2.24. The van der Waals surface area contributed by atoms with Gasteiger partial charge in [0, 0.05) is 29.4 Å². The predicted molar refractivity (Wildman–Crippen MR) is 103 cm³/mol. The summed E-state index contributed by atoms with van der Waals surface area (Å²) >= 11 is 5.92. The molecule has 0 atom stereocenters. The van der Waals surface area contributed by atoms with Gasteiger partial charge in [-0.1, -0.05) is 30.7 Å². The number of hydrogen-bond donors (Lipinski definition) is 1. The van der Waals surface area contributed by atoms with Crippen LogP contribution in [0.1, 0.15) is 30.1 Å². The van der Waals surface area contributed by atoms with Crippen molar-refractivity contribution in [2.45, 2.75) is 24.7 Å². The topological polar surface area (TPSA) is 66.5 Å². The molecular weight excluding hydrogens is 372 g/mol. The molecular formula is C19H21ClN2O3S. The second kappa shape index (κ2) is 7.78. The van der Waals surface area contributed by atoms with Crippen molar-refractivity contribution >= 4 is 33.2 Å². The molecule has 0 radical (unpaired) electrons. The van der Waals surface area contributed by atoms with E-state index in [2.05, 4.69) is 12.2 Å². The fourth-order valence-corrected chi connectivity index (χ4v) is 4.65. The van der Waals surface area contributed by atoms with Gasteiger partial charge in [-0.05, 0) is 55.2 Å². The molecule has 1 heterocycles. The molecule has 0 saturated carbocycles. The van der Waals surface area contributed by atoms with Crippen molar-refractivity contribution in [3.63, 3.8) is 0 Å². The van der Waals surface area contributed by atoms with Crippen LogP contribution in [0.5, 0.6) is 0 Å². The molecule has 0 unspecified atom stereocenters. The third kappa shape index (κ3) is 4.26. The van der Waals surface area contributed by atoms with Gasteiger partial charge in [0.1, 0.15) is 0 Å². The van der Waals surface area contributed by atoms with Crippen LogP contribution in [-0.4, -0.2) is 31.7 Å². The highest BCUT2D eigenvalue weighted by Gasteiger charge is 2.28. The summed E-state index contributed by atoms with van der Waals surface area (Å²) < 4.78 is 27.2. The van der Waals surface area contributed by atoms with Gasteiger partial charge < -0.3 is 5.32 Å². The molecule has 1 amide bonds. The number of carbonyl (C=O) groups is 1. The standard InChI is InChI=1S/C19H21ClN2O3S/c1-14-8-10-22(11-9-14)26(24,25)18-7-2-4-15(12-18)19(23)21-17-6-3-5-16(20)13-17/h2-7,12-14H,8-11H2,1H3,(H,21,23). The van der Waals surface area contributed by atoms with Gasteiger partial charge in [0.15, 0.2) is 0 Å². The number of benzene rings is 2. The summed E-state index contributed by atoms with van der Waals surface area (Å²) in [6, 6.07) is 12.9. The van der Waals surface area contributed by atoms with Crippen molar-refractivity contribution in [1.29, 1.82) is 0 Å². The molecule has 1 saturated heterocycles. The highest BCUT2D eigenvalue weighted by molar-refractivity contribution is 7.89. The molecule has 1 fully saturated rings. The van der Waals surface area contributed by atoms with Gasteiger partial charge in [-0.2, -0.15) is 4.31 Å². The van der Waals surface area contributed by atoms with Crippen LogP contribution in [0.3, 0.4) is 0 Å². The normalized spacial score (nSPS) is 16.4. The number of rotatable bonds is 4. The number of piperidine rings is 1. The van der Waals surface area contributed by atoms with Crippen molar-refractivity contribution in [2.24, 2.45) is 5.92 Å². The van der Waals surface area contributed by atoms with Crippen LogP contribution in [-0.2, 0) is 10.0 Å². The Bertz CT molecular complexity index is 907. The van der Waals surface area contributed by atoms with Gasteiger partial charge in [-0.15, -0.1) is 0 Å². The van der Waals surface area contributed by atoms with Crippen LogP contribution in [0.15, 0.2) is 53.4 Å². The number of nitrogens with zero attached hydrogens (tertiary/aromatic N) is 1. The number of nitrogens with one attached hydrogen (secondary N) is 1. The third-order valence-electron chi connectivity index (χ3n) is 4.56. The van der Waals surface area contributed by atoms with Gasteiger partial charge in [0.2, 0.25) is 10.0 Å². The SMILES string of the molecule is CC1CCN(S(=O)(=O)c2cccc(C(=O)Nc3cccc(Cl)c3)c2)CC1. The molecule has 1 aliphatic rings. The van der Waals surface area contributed by atoms with Gasteiger partial charge in [0.05, 0.1) is 4.90 Å². The molecule has 0 spiro atoms. The van der Waals surface area contributed by atoms with E-state index in [-0.39, 0.29) is 16.4 Å². The fraction of sp³-hybridized carbons (Fsp3) is 0.316. The second-order valence-electron chi connectivity index (χ2n) is 6.58. The number of amides is 1. The molecule has 5 nitrogen and oxygen atoms in total. The van der Waals surface area contributed by atoms with Crippen LogP contribution in [0.25, 0.3) is 0 Å². The molecule has 1 aliphatic heterocycles. The van der Waals surface area contributed by atoms with Gasteiger partial charge in [-0.25, -0.2) is 8.42 Å². The Labute approximate surface area is 159 Å². The van der Waals surface area contributed by atoms with Crippen molar-refractivity contribution in [3.05, 3.63) is 59.1 Å². The molecule has 3 rings (SSSR count). The molecule has 26 heavy (non-hydrogen) atoms. The van der Waals surface area contributed by atoms with E-state index in [0.29, 0.717) is 29.7 Å². The second-order valence-corrected chi connectivity index (χ2v) is 8.95. The quantitative estimate of drug-likeness (QED) is 0.854. The maximum atomic E-state index is 12.8. The van der Waals surface area contributed by atoms with E-state index in [1.807, 2.05) is 0 Å². The molecule has 1 N–H and O–H groups in total. The molecule has 2 aromatic carbocycles. The number of carbonyl (C=O) groups excluding carboxylic acids is 1. The minimum Gasteiger partial charge on any atom is -0.322 e. The van der Waals surface area contributed by atoms with E-state index >= 15 is 0 Å². The Morgan fingerprint density at radius 1 is 1.12 bits per heavy atom. The number of sulfonamides is 1. The van der Waals surface area contributed by atoms with Crippen molar-refractivity contribution in [2.75, 3.05) is 18.4 Å². The first-order valence-corrected chi connectivity index (χ1v) is 10.4. The summed E-state index contributed by atoms with van der Waals surface area (Å²) in [6.07, 6.45) is 1.71. The molecule has 2 aromatic rings.